The van der Waals surface area contributed by atoms with Gasteiger partial charge in [0.15, 0.2) is 0 Å². The van der Waals surface area contributed by atoms with Gasteiger partial charge in [-0.15, -0.1) is 0 Å². The number of para-hydroxylation sites is 2. The molecular weight excluding hydrogens is 412 g/mol. The maximum Gasteiger partial charge on any atom is 0.267 e. The van der Waals surface area contributed by atoms with Crippen LogP contribution in [-0.4, -0.2) is 19.6 Å². The standard InChI is InChI=1S/C27H22N4O2/c1-30-26(32)16-24(21-17-28-31(19-21)18-20-10-4-2-5-11-20)27(29-30)23-14-8-9-15-25(23)33-22-12-6-3-7-13-22/h2-17,19H,18H2,1H3. The molecule has 0 aliphatic rings. The number of aryl methyl sites for hydroxylation is 1. The minimum absolute atomic E-state index is 0.189. The van der Waals surface area contributed by atoms with E-state index in [1.165, 1.54) is 4.68 Å². The third kappa shape index (κ3) is 4.45. The average Bonchev–Trinajstić information content (AvgIpc) is 3.30. The molecule has 0 saturated heterocycles. The van der Waals surface area contributed by atoms with Crippen molar-refractivity contribution in [3.05, 3.63) is 119 Å². The van der Waals surface area contributed by atoms with Gasteiger partial charge in [-0.3, -0.25) is 9.48 Å². The lowest BCUT2D eigenvalue weighted by atomic mass is 10.0. The minimum Gasteiger partial charge on any atom is -0.457 e. The van der Waals surface area contributed by atoms with Gasteiger partial charge in [-0.25, -0.2) is 4.68 Å². The zero-order chi connectivity index (χ0) is 22.6. The van der Waals surface area contributed by atoms with Crippen molar-refractivity contribution in [2.24, 2.45) is 7.05 Å². The zero-order valence-electron chi connectivity index (χ0n) is 18.1. The summed E-state index contributed by atoms with van der Waals surface area (Å²) in [4.78, 5) is 12.5. The number of hydrogen-bond donors (Lipinski definition) is 0. The molecule has 0 N–H and O–H groups in total. The molecule has 3 aromatic carbocycles. The van der Waals surface area contributed by atoms with Crippen LogP contribution in [-0.2, 0) is 13.6 Å². The van der Waals surface area contributed by atoms with Crippen LogP contribution in [0.2, 0.25) is 0 Å². The summed E-state index contributed by atoms with van der Waals surface area (Å²) in [5.74, 6) is 1.39. The molecule has 162 valence electrons. The molecule has 2 aromatic heterocycles. The van der Waals surface area contributed by atoms with E-state index in [1.54, 1.807) is 19.3 Å². The van der Waals surface area contributed by atoms with E-state index in [-0.39, 0.29) is 5.56 Å². The van der Waals surface area contributed by atoms with E-state index in [0.29, 0.717) is 23.6 Å². The highest BCUT2D eigenvalue weighted by molar-refractivity contribution is 5.82. The van der Waals surface area contributed by atoms with Crippen LogP contribution >= 0.6 is 0 Å². The van der Waals surface area contributed by atoms with Crippen molar-refractivity contribution < 1.29 is 4.74 Å². The number of hydrogen-bond acceptors (Lipinski definition) is 4. The molecule has 0 fully saturated rings. The molecular formula is C27H22N4O2. The second-order valence-corrected chi connectivity index (χ2v) is 7.69. The van der Waals surface area contributed by atoms with Crippen LogP contribution in [0.4, 0.5) is 0 Å². The fraction of sp³-hybridized carbons (Fsp3) is 0.0741. The SMILES string of the molecule is Cn1nc(-c2ccccc2Oc2ccccc2)c(-c2cnn(Cc3ccccc3)c2)cc1=O. The van der Waals surface area contributed by atoms with Gasteiger partial charge < -0.3 is 4.74 Å². The third-order valence-electron chi connectivity index (χ3n) is 5.34. The van der Waals surface area contributed by atoms with E-state index in [0.717, 1.165) is 22.4 Å². The largest absolute Gasteiger partial charge is 0.457 e. The van der Waals surface area contributed by atoms with Gasteiger partial charge in [0.05, 0.1) is 12.7 Å². The van der Waals surface area contributed by atoms with Crippen LogP contribution in [0, 0.1) is 0 Å². The second-order valence-electron chi connectivity index (χ2n) is 7.69. The first-order valence-corrected chi connectivity index (χ1v) is 10.6. The van der Waals surface area contributed by atoms with Crippen molar-refractivity contribution in [1.29, 1.82) is 0 Å². The van der Waals surface area contributed by atoms with Crippen LogP contribution in [0.5, 0.6) is 11.5 Å². The van der Waals surface area contributed by atoms with Gasteiger partial charge >= 0.3 is 0 Å². The molecule has 6 heteroatoms. The average molecular weight is 434 g/mol. The molecule has 0 unspecified atom stereocenters. The summed E-state index contributed by atoms with van der Waals surface area (Å²) in [6.07, 6.45) is 3.71. The van der Waals surface area contributed by atoms with Crippen molar-refractivity contribution in [2.45, 2.75) is 6.54 Å². The monoisotopic (exact) mass is 434 g/mol. The third-order valence-corrected chi connectivity index (χ3v) is 5.34. The fourth-order valence-electron chi connectivity index (χ4n) is 3.68. The number of rotatable bonds is 6. The van der Waals surface area contributed by atoms with Crippen molar-refractivity contribution in [3.8, 4) is 33.9 Å². The molecule has 0 radical (unpaired) electrons. The lowest BCUT2D eigenvalue weighted by Crippen LogP contribution is -2.19. The highest BCUT2D eigenvalue weighted by Crippen LogP contribution is 2.36. The second kappa shape index (κ2) is 8.96. The summed E-state index contributed by atoms with van der Waals surface area (Å²) in [6.45, 7) is 0.641. The van der Waals surface area contributed by atoms with Gasteiger partial charge in [-0.2, -0.15) is 10.2 Å². The maximum absolute atomic E-state index is 12.5. The molecule has 5 aromatic rings. The fourth-order valence-corrected chi connectivity index (χ4v) is 3.68. The maximum atomic E-state index is 12.5. The quantitative estimate of drug-likeness (QED) is 0.371. The van der Waals surface area contributed by atoms with Gasteiger partial charge in [0, 0.05) is 36.0 Å². The molecule has 0 saturated carbocycles. The Morgan fingerprint density at radius 1 is 0.848 bits per heavy atom. The molecule has 0 aliphatic heterocycles. The Bertz CT molecular complexity index is 1440. The smallest absolute Gasteiger partial charge is 0.267 e. The van der Waals surface area contributed by atoms with Gasteiger partial charge in [0.2, 0.25) is 0 Å². The zero-order valence-corrected chi connectivity index (χ0v) is 18.1. The molecule has 33 heavy (non-hydrogen) atoms. The summed E-state index contributed by atoms with van der Waals surface area (Å²) < 4.78 is 9.36. The molecule has 0 aliphatic carbocycles. The summed E-state index contributed by atoms with van der Waals surface area (Å²) in [5.41, 5.74) is 3.94. The Kier molecular flexibility index (Phi) is 5.55. The molecule has 5 rings (SSSR count). The number of benzene rings is 3. The van der Waals surface area contributed by atoms with E-state index in [1.807, 2.05) is 83.7 Å². The summed E-state index contributed by atoms with van der Waals surface area (Å²) in [5, 5.41) is 9.12. The van der Waals surface area contributed by atoms with Crippen LogP contribution < -0.4 is 10.3 Å². The van der Waals surface area contributed by atoms with Gasteiger partial charge in [-0.1, -0.05) is 60.7 Å². The lowest BCUT2D eigenvalue weighted by Gasteiger charge is -2.14. The van der Waals surface area contributed by atoms with E-state index < -0.39 is 0 Å². The molecule has 0 amide bonds. The Morgan fingerprint density at radius 3 is 2.33 bits per heavy atom. The molecule has 0 atom stereocenters. The van der Waals surface area contributed by atoms with Crippen molar-refractivity contribution in [1.82, 2.24) is 19.6 Å². The van der Waals surface area contributed by atoms with Crippen LogP contribution in [0.1, 0.15) is 5.56 Å². The molecule has 2 heterocycles. The van der Waals surface area contributed by atoms with Crippen molar-refractivity contribution in [3.63, 3.8) is 0 Å². The van der Waals surface area contributed by atoms with Crippen molar-refractivity contribution in [2.75, 3.05) is 0 Å². The summed E-state index contributed by atoms with van der Waals surface area (Å²) in [6, 6.07) is 29.0. The first-order chi connectivity index (χ1) is 16.2. The number of nitrogens with zero attached hydrogens (tertiary/aromatic N) is 4. The Balaban J connectivity index is 1.57. The highest BCUT2D eigenvalue weighted by atomic mass is 16.5. The number of ether oxygens (including phenoxy) is 1. The normalized spacial score (nSPS) is 10.8. The van der Waals surface area contributed by atoms with Crippen molar-refractivity contribution >= 4 is 0 Å². The van der Waals surface area contributed by atoms with E-state index >= 15 is 0 Å². The van der Waals surface area contributed by atoms with Gasteiger partial charge in [0.1, 0.15) is 17.2 Å². The van der Waals surface area contributed by atoms with Gasteiger partial charge in [0.25, 0.3) is 5.56 Å². The van der Waals surface area contributed by atoms with Crippen LogP contribution in [0.15, 0.2) is 108 Å². The van der Waals surface area contributed by atoms with Crippen LogP contribution in [0.25, 0.3) is 22.4 Å². The lowest BCUT2D eigenvalue weighted by molar-refractivity contribution is 0.484. The predicted molar refractivity (Wildman–Crippen MR) is 128 cm³/mol. The van der Waals surface area contributed by atoms with E-state index in [4.69, 9.17) is 4.74 Å². The summed E-state index contributed by atoms with van der Waals surface area (Å²) >= 11 is 0. The topological polar surface area (TPSA) is 61.9 Å². The first-order valence-electron chi connectivity index (χ1n) is 10.6. The first kappa shape index (κ1) is 20.5. The Morgan fingerprint density at radius 2 is 1.55 bits per heavy atom. The molecule has 6 nitrogen and oxygen atoms in total. The van der Waals surface area contributed by atoms with E-state index in [2.05, 4.69) is 22.3 Å². The van der Waals surface area contributed by atoms with Crippen LogP contribution in [0.3, 0.4) is 0 Å². The highest BCUT2D eigenvalue weighted by Gasteiger charge is 2.17. The van der Waals surface area contributed by atoms with Gasteiger partial charge in [-0.05, 0) is 29.8 Å². The molecule has 0 spiro atoms. The minimum atomic E-state index is -0.189. The predicted octanol–water partition coefficient (Wildman–Crippen LogP) is 5.15. The summed E-state index contributed by atoms with van der Waals surface area (Å²) in [7, 11) is 1.65. The Labute approximate surface area is 191 Å². The van der Waals surface area contributed by atoms with E-state index in [9.17, 15) is 4.79 Å². The Hall–Kier alpha value is -4.45. The molecule has 0 bridgehead atoms. The number of aromatic nitrogens is 4.